The molecule has 10 rings (SSSR count). The van der Waals surface area contributed by atoms with Crippen LogP contribution in [0.15, 0.2) is 152 Å². The highest BCUT2D eigenvalue weighted by Crippen LogP contribution is 2.53. The maximum Gasteiger partial charge on any atom is -0.00103 e. The van der Waals surface area contributed by atoms with E-state index in [0.29, 0.717) is 0 Å². The van der Waals surface area contributed by atoms with Gasteiger partial charge in [-0.15, -0.1) is 0 Å². The van der Waals surface area contributed by atoms with E-state index >= 15 is 0 Å². The predicted molar refractivity (Wildman–Crippen MR) is 247 cm³/mol. The number of rotatable bonds is 7. The molecule has 8 aromatic carbocycles. The lowest BCUT2D eigenvalue weighted by molar-refractivity contribution is 1.00. The molecule has 0 spiro atoms. The SMILES string of the molecule is C.C1=CCCC(c2c3cccc4c5c(c(c43)c3c4cccc6c(C/C(=C\C=C/Cc7ccccc7)c7ccccc7)ccc(c23)c64)CCC=C5)=C1.CC.CC. The molecule has 0 aromatic heterocycles. The van der Waals surface area contributed by atoms with Gasteiger partial charge in [-0.3, -0.25) is 0 Å². The quantitative estimate of drug-likeness (QED) is 0.144. The van der Waals surface area contributed by atoms with E-state index in [-0.39, 0.29) is 7.43 Å². The third-order valence-electron chi connectivity index (χ3n) is 11.3. The van der Waals surface area contributed by atoms with Crippen LogP contribution in [0.5, 0.6) is 0 Å². The maximum atomic E-state index is 2.46. The molecule has 0 nitrogen and oxygen atoms in total. The smallest absolute Gasteiger partial charge is 0.00103 e. The molecule has 8 aromatic rings. The Labute approximate surface area is 328 Å². The van der Waals surface area contributed by atoms with Crippen molar-refractivity contribution in [3.63, 3.8) is 0 Å². The highest BCUT2D eigenvalue weighted by molar-refractivity contribution is 6.43. The minimum atomic E-state index is 0. The van der Waals surface area contributed by atoms with Crippen molar-refractivity contribution in [3.8, 4) is 0 Å². The number of benzene rings is 6. The van der Waals surface area contributed by atoms with Crippen LogP contribution >= 0.6 is 0 Å². The number of allylic oxidation sites excluding steroid dienone is 9. The average Bonchev–Trinajstić information content (AvgIpc) is 3.77. The fourth-order valence-corrected chi connectivity index (χ4v) is 9.08. The van der Waals surface area contributed by atoms with Gasteiger partial charge in [0, 0.05) is 0 Å². The molecule has 0 saturated heterocycles. The molecule has 274 valence electrons. The van der Waals surface area contributed by atoms with E-state index in [0.717, 1.165) is 38.5 Å². The van der Waals surface area contributed by atoms with E-state index in [9.17, 15) is 0 Å². The van der Waals surface area contributed by atoms with E-state index < -0.39 is 0 Å². The monoisotopic (exact) mass is 714 g/mol. The summed E-state index contributed by atoms with van der Waals surface area (Å²) in [5.74, 6) is 0. The van der Waals surface area contributed by atoms with Gasteiger partial charge < -0.3 is 0 Å². The van der Waals surface area contributed by atoms with Crippen molar-refractivity contribution < 1.29 is 0 Å². The molecule has 0 radical (unpaired) electrons. The first-order valence-electron chi connectivity index (χ1n) is 20.2. The van der Waals surface area contributed by atoms with Crippen LogP contribution in [0.3, 0.4) is 0 Å². The normalized spacial score (nSPS) is 13.9. The Morgan fingerprint density at radius 2 is 1.27 bits per heavy atom. The third kappa shape index (κ3) is 6.59. The lowest BCUT2D eigenvalue weighted by Crippen LogP contribution is -1.93. The summed E-state index contributed by atoms with van der Waals surface area (Å²) in [5.41, 5.74) is 11.2. The van der Waals surface area contributed by atoms with E-state index in [1.54, 1.807) is 5.56 Å². The fraction of sp³-hybridized carbons (Fsp3) is 0.200. The Hall–Kier alpha value is -5.72. The van der Waals surface area contributed by atoms with E-state index in [2.05, 4.69) is 158 Å². The van der Waals surface area contributed by atoms with Gasteiger partial charge in [-0.05, 0) is 137 Å². The van der Waals surface area contributed by atoms with Crippen LogP contribution in [0.1, 0.15) is 87.8 Å². The first-order chi connectivity index (χ1) is 26.8. The molecule has 2 aliphatic carbocycles. The second-order valence-corrected chi connectivity index (χ2v) is 14.1. The van der Waals surface area contributed by atoms with Gasteiger partial charge in [0.1, 0.15) is 0 Å². The molecule has 0 atom stereocenters. The molecule has 0 aliphatic heterocycles. The van der Waals surface area contributed by atoms with Crippen LogP contribution in [0, 0.1) is 0 Å². The highest BCUT2D eigenvalue weighted by Gasteiger charge is 2.27. The summed E-state index contributed by atoms with van der Waals surface area (Å²) < 4.78 is 0. The Morgan fingerprint density at radius 1 is 0.582 bits per heavy atom. The Balaban J connectivity index is 0.000000903. The van der Waals surface area contributed by atoms with Gasteiger partial charge in [-0.25, -0.2) is 0 Å². The van der Waals surface area contributed by atoms with Gasteiger partial charge in [0.05, 0.1) is 0 Å². The molecule has 0 fully saturated rings. The van der Waals surface area contributed by atoms with Gasteiger partial charge in [0.15, 0.2) is 0 Å². The molecule has 55 heavy (non-hydrogen) atoms. The second kappa shape index (κ2) is 16.7. The summed E-state index contributed by atoms with van der Waals surface area (Å²) in [6.45, 7) is 8.00. The van der Waals surface area contributed by atoms with Gasteiger partial charge in [0.25, 0.3) is 0 Å². The van der Waals surface area contributed by atoms with Crippen LogP contribution in [0.2, 0.25) is 0 Å². The molecule has 0 heteroatoms. The minimum Gasteiger partial charge on any atom is -0.0842 e. The average molecular weight is 715 g/mol. The van der Waals surface area contributed by atoms with Crippen molar-refractivity contribution in [2.24, 2.45) is 0 Å². The van der Waals surface area contributed by atoms with Crippen molar-refractivity contribution in [2.75, 3.05) is 0 Å². The zero-order chi connectivity index (χ0) is 37.0. The van der Waals surface area contributed by atoms with Crippen LogP contribution in [-0.2, 0) is 19.3 Å². The molecule has 0 saturated carbocycles. The summed E-state index contributed by atoms with van der Waals surface area (Å²) in [7, 11) is 0. The van der Waals surface area contributed by atoms with E-state index in [1.165, 1.54) is 92.8 Å². The Kier molecular flexibility index (Phi) is 11.4. The standard InChI is InChI=1S/C50H38.2C2H6.CH4/c1-4-16-33(17-5-1)18-10-11-23-36(34-19-6-2-7-20-34)32-37-30-31-44-46-38(37)26-14-29-43(46)50-48-41-25-13-12-24-39(41)40-27-15-28-42(47(40)48)45(49(44)50)35-21-8-3-9-22-35;2*1-2;/h1-8,10-12,14-17,19-21,23-24,26-31H,9,13,18,22,25,32H2;2*1-2H3;1H4/b11-10-,36-23+;;;. The largest absolute Gasteiger partial charge is 0.0842 e. The van der Waals surface area contributed by atoms with E-state index in [4.69, 9.17) is 0 Å². The van der Waals surface area contributed by atoms with E-state index in [1.807, 2.05) is 27.7 Å². The minimum absolute atomic E-state index is 0. The lowest BCUT2D eigenvalue weighted by Gasteiger charge is -2.17. The Bertz CT molecular complexity index is 2710. The van der Waals surface area contributed by atoms with Gasteiger partial charge in [-0.2, -0.15) is 0 Å². The predicted octanol–water partition coefficient (Wildman–Crippen LogP) is 16.1. The van der Waals surface area contributed by atoms with Gasteiger partial charge >= 0.3 is 0 Å². The van der Waals surface area contributed by atoms with Crippen molar-refractivity contribution in [3.05, 3.63) is 185 Å². The molecule has 2 aliphatic rings. The number of fused-ring (bicyclic) bond motifs is 7. The number of hydrogen-bond acceptors (Lipinski definition) is 0. The number of hydrogen-bond donors (Lipinski definition) is 0. The molecule has 0 heterocycles. The van der Waals surface area contributed by atoms with Crippen LogP contribution in [0.25, 0.3) is 71.1 Å². The molecular formula is C55H54. The fourth-order valence-electron chi connectivity index (χ4n) is 9.08. The van der Waals surface area contributed by atoms with Crippen LogP contribution in [-0.4, -0.2) is 0 Å². The summed E-state index contributed by atoms with van der Waals surface area (Å²) in [5, 5.41) is 14.3. The number of aryl methyl sites for hydroxylation is 1. The maximum absolute atomic E-state index is 2.46. The first-order valence-corrected chi connectivity index (χ1v) is 20.2. The van der Waals surface area contributed by atoms with Gasteiger partial charge in [-0.1, -0.05) is 193 Å². The first kappa shape index (κ1) is 37.6. The molecule has 0 amide bonds. The summed E-state index contributed by atoms with van der Waals surface area (Å²) in [4.78, 5) is 0. The summed E-state index contributed by atoms with van der Waals surface area (Å²) in [6, 6.07) is 40.7. The molecule has 0 bridgehead atoms. The lowest BCUT2D eigenvalue weighted by atomic mass is 9.86. The van der Waals surface area contributed by atoms with Crippen molar-refractivity contribution in [1.29, 1.82) is 0 Å². The molecule has 0 unspecified atom stereocenters. The van der Waals surface area contributed by atoms with Crippen LogP contribution < -0.4 is 0 Å². The zero-order valence-electron chi connectivity index (χ0n) is 32.3. The van der Waals surface area contributed by atoms with Crippen molar-refractivity contribution in [2.45, 2.75) is 73.6 Å². The van der Waals surface area contributed by atoms with Gasteiger partial charge in [0.2, 0.25) is 0 Å². The van der Waals surface area contributed by atoms with Crippen molar-refractivity contribution in [1.82, 2.24) is 0 Å². The topological polar surface area (TPSA) is 0 Å². The van der Waals surface area contributed by atoms with Crippen molar-refractivity contribution >= 4 is 71.1 Å². The second-order valence-electron chi connectivity index (χ2n) is 14.1. The summed E-state index contributed by atoms with van der Waals surface area (Å²) >= 11 is 0. The third-order valence-corrected chi connectivity index (χ3v) is 11.3. The zero-order valence-corrected chi connectivity index (χ0v) is 32.3. The highest BCUT2D eigenvalue weighted by atomic mass is 14.3. The van der Waals surface area contributed by atoms with Crippen LogP contribution in [0.4, 0.5) is 0 Å². The summed E-state index contributed by atoms with van der Waals surface area (Å²) in [6.07, 6.45) is 24.8. The molecule has 0 N–H and O–H groups in total. The molecular weight excluding hydrogens is 661 g/mol. The Morgan fingerprint density at radius 3 is 2.04 bits per heavy atom.